The van der Waals surface area contributed by atoms with Gasteiger partial charge in [0.25, 0.3) is 0 Å². The molecule has 2 aromatic rings. The summed E-state index contributed by atoms with van der Waals surface area (Å²) in [4.78, 5) is 0. The summed E-state index contributed by atoms with van der Waals surface area (Å²) >= 11 is 1.50. The minimum atomic E-state index is 0.0421. The molecule has 5 nitrogen and oxygen atoms in total. The molecule has 18 heavy (non-hydrogen) atoms. The van der Waals surface area contributed by atoms with Crippen molar-refractivity contribution >= 4 is 17.6 Å². The van der Waals surface area contributed by atoms with Crippen LogP contribution in [0.15, 0.2) is 52.8 Å². The quantitative estimate of drug-likeness (QED) is 0.288. The first kappa shape index (κ1) is 12.4. The number of thioether (sulfide) groups is 1. The first-order chi connectivity index (χ1) is 8.81. The van der Waals surface area contributed by atoms with E-state index >= 15 is 0 Å². The third-order valence-corrected chi connectivity index (χ3v) is 3.34. The second-order valence-corrected chi connectivity index (χ2v) is 4.47. The maximum absolute atomic E-state index is 8.70. The predicted molar refractivity (Wildman–Crippen MR) is 70.5 cm³/mol. The van der Waals surface area contributed by atoms with Crippen LogP contribution in [0.5, 0.6) is 0 Å². The van der Waals surface area contributed by atoms with E-state index in [2.05, 4.69) is 15.4 Å². The van der Waals surface area contributed by atoms with Gasteiger partial charge in [0.2, 0.25) is 0 Å². The van der Waals surface area contributed by atoms with E-state index in [1.165, 1.54) is 23.5 Å². The van der Waals surface area contributed by atoms with Crippen LogP contribution in [0.2, 0.25) is 0 Å². The van der Waals surface area contributed by atoms with Crippen molar-refractivity contribution in [1.29, 1.82) is 0 Å². The molecule has 0 saturated heterocycles. The highest BCUT2D eigenvalue weighted by Gasteiger charge is 2.09. The summed E-state index contributed by atoms with van der Waals surface area (Å²) in [5, 5.41) is 20.2. The Morgan fingerprint density at radius 3 is 2.78 bits per heavy atom. The second kappa shape index (κ2) is 6.02. The monoisotopic (exact) mass is 260 g/mol. The van der Waals surface area contributed by atoms with Crippen molar-refractivity contribution in [3.05, 3.63) is 53.7 Å². The molecule has 0 aliphatic carbocycles. The van der Waals surface area contributed by atoms with Gasteiger partial charge in [-0.3, -0.25) is 0 Å². The molecule has 0 aliphatic heterocycles. The number of rotatable bonds is 4. The maximum Gasteiger partial charge on any atom is 0.172 e. The zero-order valence-corrected chi connectivity index (χ0v) is 10.3. The summed E-state index contributed by atoms with van der Waals surface area (Å²) in [7, 11) is 0. The molecular formula is C12H12N4OS. The summed E-state index contributed by atoms with van der Waals surface area (Å²) in [6, 6.07) is 11.7. The van der Waals surface area contributed by atoms with Crippen LogP contribution >= 0.6 is 11.8 Å². The molecule has 0 fully saturated rings. The Kier molecular flexibility index (Phi) is 4.14. The standard InChI is InChI=1S/C12H12N4OS/c13-11(16-17)10-6-7-14-15-12(10)18-8-9-4-2-1-3-5-9/h1-7,17H,8H2,(H2,13,16). The Labute approximate surface area is 109 Å². The Morgan fingerprint density at radius 2 is 2.06 bits per heavy atom. The summed E-state index contributed by atoms with van der Waals surface area (Å²) in [5.74, 6) is 0.797. The largest absolute Gasteiger partial charge is 0.409 e. The lowest BCUT2D eigenvalue weighted by Crippen LogP contribution is -2.15. The van der Waals surface area contributed by atoms with Gasteiger partial charge in [-0.1, -0.05) is 47.2 Å². The Hall–Kier alpha value is -2.08. The van der Waals surface area contributed by atoms with Gasteiger partial charge in [0.05, 0.1) is 11.8 Å². The van der Waals surface area contributed by atoms with Crippen molar-refractivity contribution < 1.29 is 5.21 Å². The molecule has 0 spiro atoms. The van der Waals surface area contributed by atoms with Crippen LogP contribution in [0.3, 0.4) is 0 Å². The number of nitrogens with two attached hydrogens (primary N) is 1. The van der Waals surface area contributed by atoms with Crippen LogP contribution in [0.25, 0.3) is 0 Å². The number of amidine groups is 1. The van der Waals surface area contributed by atoms with Gasteiger partial charge < -0.3 is 10.9 Å². The molecule has 0 radical (unpaired) electrons. The number of hydrogen-bond donors (Lipinski definition) is 2. The lowest BCUT2D eigenvalue weighted by molar-refractivity contribution is 0.318. The van der Waals surface area contributed by atoms with Gasteiger partial charge in [0, 0.05) is 5.75 Å². The molecule has 2 rings (SSSR count). The molecule has 0 atom stereocenters. The highest BCUT2D eigenvalue weighted by molar-refractivity contribution is 7.98. The number of nitrogens with zero attached hydrogens (tertiary/aromatic N) is 3. The van der Waals surface area contributed by atoms with Gasteiger partial charge in [0.1, 0.15) is 5.03 Å². The average Bonchev–Trinajstić information content (AvgIpc) is 2.45. The van der Waals surface area contributed by atoms with Crippen molar-refractivity contribution in [2.45, 2.75) is 10.8 Å². The summed E-state index contributed by atoms with van der Waals surface area (Å²) in [5.41, 5.74) is 7.35. The number of aromatic nitrogens is 2. The molecule has 0 unspecified atom stereocenters. The van der Waals surface area contributed by atoms with Gasteiger partial charge in [-0.2, -0.15) is 5.10 Å². The van der Waals surface area contributed by atoms with Gasteiger partial charge in [-0.05, 0) is 11.6 Å². The molecule has 0 bridgehead atoms. The van der Waals surface area contributed by atoms with Gasteiger partial charge >= 0.3 is 0 Å². The van der Waals surface area contributed by atoms with E-state index in [-0.39, 0.29) is 5.84 Å². The number of oxime groups is 1. The average molecular weight is 260 g/mol. The van der Waals surface area contributed by atoms with Gasteiger partial charge in [-0.15, -0.1) is 5.10 Å². The van der Waals surface area contributed by atoms with Crippen molar-refractivity contribution in [3.63, 3.8) is 0 Å². The Bertz CT molecular complexity index is 545. The molecule has 0 saturated carbocycles. The van der Waals surface area contributed by atoms with Gasteiger partial charge in [-0.25, -0.2) is 0 Å². The Morgan fingerprint density at radius 1 is 1.28 bits per heavy atom. The lowest BCUT2D eigenvalue weighted by Gasteiger charge is -2.05. The molecular weight excluding hydrogens is 248 g/mol. The normalized spacial score (nSPS) is 11.4. The number of hydrogen-bond acceptors (Lipinski definition) is 5. The molecule has 1 aromatic carbocycles. The lowest BCUT2D eigenvalue weighted by atomic mass is 10.2. The molecule has 1 heterocycles. The zero-order chi connectivity index (χ0) is 12.8. The van der Waals surface area contributed by atoms with Crippen molar-refractivity contribution in [2.75, 3.05) is 0 Å². The highest BCUT2D eigenvalue weighted by Crippen LogP contribution is 2.23. The van der Waals surface area contributed by atoms with E-state index in [4.69, 9.17) is 10.9 Å². The minimum absolute atomic E-state index is 0.0421. The fourth-order valence-corrected chi connectivity index (χ4v) is 2.33. The fraction of sp³-hybridized carbons (Fsp3) is 0.0833. The molecule has 0 aliphatic rings. The van der Waals surface area contributed by atoms with Crippen LogP contribution in [-0.4, -0.2) is 21.2 Å². The first-order valence-electron chi connectivity index (χ1n) is 5.27. The SMILES string of the molecule is N/C(=N/O)c1ccnnc1SCc1ccccc1. The van der Waals surface area contributed by atoms with E-state index in [1.54, 1.807) is 6.07 Å². The molecule has 0 amide bonds. The third-order valence-electron chi connectivity index (χ3n) is 2.29. The van der Waals surface area contributed by atoms with Gasteiger partial charge in [0.15, 0.2) is 5.84 Å². The fourth-order valence-electron chi connectivity index (χ4n) is 1.40. The van der Waals surface area contributed by atoms with Crippen LogP contribution in [0.1, 0.15) is 11.1 Å². The highest BCUT2D eigenvalue weighted by atomic mass is 32.2. The molecule has 92 valence electrons. The summed E-state index contributed by atoms with van der Waals surface area (Å²) in [6.07, 6.45) is 1.51. The minimum Gasteiger partial charge on any atom is -0.409 e. The molecule has 6 heteroatoms. The second-order valence-electron chi connectivity index (χ2n) is 3.51. The summed E-state index contributed by atoms with van der Waals surface area (Å²) in [6.45, 7) is 0. The van der Waals surface area contributed by atoms with Crippen LogP contribution in [0.4, 0.5) is 0 Å². The predicted octanol–water partition coefficient (Wildman–Crippen LogP) is 1.86. The van der Waals surface area contributed by atoms with E-state index < -0.39 is 0 Å². The van der Waals surface area contributed by atoms with Crippen LogP contribution in [0, 0.1) is 0 Å². The van der Waals surface area contributed by atoms with Crippen molar-refractivity contribution in [1.82, 2.24) is 10.2 Å². The maximum atomic E-state index is 8.70. The molecule has 1 aromatic heterocycles. The topological polar surface area (TPSA) is 84.4 Å². The smallest absolute Gasteiger partial charge is 0.172 e. The van der Waals surface area contributed by atoms with E-state index in [1.807, 2.05) is 30.3 Å². The summed E-state index contributed by atoms with van der Waals surface area (Å²) < 4.78 is 0. The Balaban J connectivity index is 2.15. The van der Waals surface area contributed by atoms with E-state index in [9.17, 15) is 0 Å². The zero-order valence-electron chi connectivity index (χ0n) is 9.52. The van der Waals surface area contributed by atoms with Crippen LogP contribution < -0.4 is 5.73 Å². The van der Waals surface area contributed by atoms with Crippen LogP contribution in [-0.2, 0) is 5.75 Å². The third kappa shape index (κ3) is 2.98. The van der Waals surface area contributed by atoms with E-state index in [0.29, 0.717) is 10.6 Å². The molecule has 3 N–H and O–H groups in total. The van der Waals surface area contributed by atoms with Crippen molar-refractivity contribution in [2.24, 2.45) is 10.9 Å². The van der Waals surface area contributed by atoms with Crippen molar-refractivity contribution in [3.8, 4) is 0 Å². The number of benzene rings is 1. The van der Waals surface area contributed by atoms with E-state index in [0.717, 1.165) is 5.75 Å². The first-order valence-corrected chi connectivity index (χ1v) is 6.26.